The fraction of sp³-hybridized carbons (Fsp3) is 0.231. The van der Waals surface area contributed by atoms with E-state index in [0.717, 1.165) is 11.1 Å². The van der Waals surface area contributed by atoms with E-state index in [1.54, 1.807) is 12.2 Å². The van der Waals surface area contributed by atoms with Gasteiger partial charge in [-0.05, 0) is 29.2 Å². The number of allylic oxidation sites excluding steroid dienone is 2. The Morgan fingerprint density at radius 2 is 1.82 bits per heavy atom. The Morgan fingerprint density at radius 1 is 1.12 bits per heavy atom. The summed E-state index contributed by atoms with van der Waals surface area (Å²) in [4.78, 5) is 38.8. The zero-order chi connectivity index (χ0) is 24.5. The molecule has 1 N–H and O–H groups in total. The molecule has 1 saturated heterocycles. The van der Waals surface area contributed by atoms with E-state index in [4.69, 9.17) is 17.0 Å². The van der Waals surface area contributed by atoms with Gasteiger partial charge in [-0.25, -0.2) is 0 Å². The lowest BCUT2D eigenvalue weighted by atomic mass is 10.0. The van der Waals surface area contributed by atoms with Gasteiger partial charge in [-0.15, -0.1) is 0 Å². The van der Waals surface area contributed by atoms with Crippen molar-refractivity contribution in [3.8, 4) is 0 Å². The highest BCUT2D eigenvalue weighted by Gasteiger charge is 2.31. The minimum Gasteiger partial charge on any atom is -0.456 e. The van der Waals surface area contributed by atoms with Gasteiger partial charge in [-0.3, -0.25) is 19.3 Å². The van der Waals surface area contributed by atoms with Gasteiger partial charge in [0.1, 0.15) is 4.32 Å². The van der Waals surface area contributed by atoms with Crippen molar-refractivity contribution in [2.45, 2.75) is 26.2 Å². The summed E-state index contributed by atoms with van der Waals surface area (Å²) in [5, 5.41) is 2.78. The number of rotatable bonds is 9. The third-order valence-electron chi connectivity index (χ3n) is 4.97. The third-order valence-corrected chi connectivity index (χ3v) is 6.37. The third kappa shape index (κ3) is 7.13. The summed E-state index contributed by atoms with van der Waals surface area (Å²) in [6.07, 6.45) is 5.35. The molecule has 1 aliphatic rings. The average molecular weight is 495 g/mol. The fourth-order valence-corrected chi connectivity index (χ4v) is 4.50. The van der Waals surface area contributed by atoms with Crippen molar-refractivity contribution in [1.29, 1.82) is 0 Å². The van der Waals surface area contributed by atoms with E-state index in [0.29, 0.717) is 14.9 Å². The summed E-state index contributed by atoms with van der Waals surface area (Å²) < 4.78 is 5.47. The maximum Gasteiger partial charge on any atom is 0.308 e. The summed E-state index contributed by atoms with van der Waals surface area (Å²) in [5.41, 5.74) is 2.72. The van der Waals surface area contributed by atoms with Gasteiger partial charge in [0.2, 0.25) is 0 Å². The minimum atomic E-state index is -0.575. The Kier molecular flexibility index (Phi) is 9.18. The van der Waals surface area contributed by atoms with Crippen molar-refractivity contribution in [3.05, 3.63) is 82.8 Å². The number of benzene rings is 2. The second-order valence-electron chi connectivity index (χ2n) is 7.83. The Hall–Kier alpha value is -3.23. The molecule has 2 amide bonds. The Morgan fingerprint density at radius 3 is 2.56 bits per heavy atom. The van der Waals surface area contributed by atoms with Crippen molar-refractivity contribution in [1.82, 2.24) is 4.90 Å². The first-order chi connectivity index (χ1) is 16.3. The standard InChI is InChI=1S/C26H26N2O4S2/c1-18(2)20-12-6-7-13-21(20)27-23(29)17-32-24(30)15-16-28-25(31)22(34-26(28)33)14-8-11-19-9-4-3-5-10-19/h3-14,18H,15-17H2,1-2H3,(H,27,29)/b11-8+,22-14-. The van der Waals surface area contributed by atoms with Gasteiger partial charge in [0.05, 0.1) is 11.3 Å². The molecule has 0 spiro atoms. The number of thiocarbonyl (C=S) groups is 1. The van der Waals surface area contributed by atoms with E-state index in [1.807, 2.05) is 74.5 Å². The van der Waals surface area contributed by atoms with Crippen molar-refractivity contribution in [3.63, 3.8) is 0 Å². The first-order valence-corrected chi connectivity index (χ1v) is 12.1. The number of nitrogens with zero attached hydrogens (tertiary/aromatic N) is 1. The number of amides is 2. The molecular formula is C26H26N2O4S2. The molecule has 1 heterocycles. The van der Waals surface area contributed by atoms with E-state index in [9.17, 15) is 14.4 Å². The van der Waals surface area contributed by atoms with Crippen LogP contribution in [0, 0.1) is 0 Å². The largest absolute Gasteiger partial charge is 0.456 e. The van der Waals surface area contributed by atoms with Gasteiger partial charge in [0.15, 0.2) is 6.61 Å². The highest BCUT2D eigenvalue weighted by atomic mass is 32.2. The normalized spacial score (nSPS) is 14.9. The van der Waals surface area contributed by atoms with Gasteiger partial charge in [-0.1, -0.05) is 98.5 Å². The lowest BCUT2D eigenvalue weighted by Gasteiger charge is -2.15. The minimum absolute atomic E-state index is 0.0601. The zero-order valence-corrected chi connectivity index (χ0v) is 20.7. The van der Waals surface area contributed by atoms with Crippen LogP contribution in [0.3, 0.4) is 0 Å². The molecule has 0 bridgehead atoms. The highest BCUT2D eigenvalue weighted by Crippen LogP contribution is 2.31. The summed E-state index contributed by atoms with van der Waals surface area (Å²) >= 11 is 6.48. The number of carbonyl (C=O) groups excluding carboxylic acids is 3. The van der Waals surface area contributed by atoms with E-state index in [-0.39, 0.29) is 24.8 Å². The molecule has 176 valence electrons. The lowest BCUT2D eigenvalue weighted by molar-refractivity contribution is -0.147. The monoisotopic (exact) mass is 494 g/mol. The summed E-state index contributed by atoms with van der Waals surface area (Å²) in [6.45, 7) is 3.77. The quantitative estimate of drug-likeness (QED) is 0.296. The zero-order valence-electron chi connectivity index (χ0n) is 19.0. The van der Waals surface area contributed by atoms with Crippen molar-refractivity contribution in [2.24, 2.45) is 0 Å². The van der Waals surface area contributed by atoms with Crippen LogP contribution in [0.4, 0.5) is 5.69 Å². The summed E-state index contributed by atoms with van der Waals surface area (Å²) in [5.74, 6) is -0.996. The lowest BCUT2D eigenvalue weighted by Crippen LogP contribution is -2.31. The maximum absolute atomic E-state index is 12.6. The number of hydrogen-bond donors (Lipinski definition) is 1. The number of anilines is 1. The van der Waals surface area contributed by atoms with Gasteiger partial charge in [0, 0.05) is 12.2 Å². The van der Waals surface area contributed by atoms with Gasteiger partial charge >= 0.3 is 5.97 Å². The molecule has 6 nitrogen and oxygen atoms in total. The SMILES string of the molecule is CC(C)c1ccccc1NC(=O)COC(=O)CCN1C(=O)/C(=C/C=C/c2ccccc2)SC1=S. The van der Waals surface area contributed by atoms with Crippen LogP contribution in [-0.2, 0) is 19.1 Å². The van der Waals surface area contributed by atoms with Crippen LogP contribution in [0.2, 0.25) is 0 Å². The second kappa shape index (κ2) is 12.3. The van der Waals surface area contributed by atoms with Gasteiger partial charge < -0.3 is 10.1 Å². The van der Waals surface area contributed by atoms with E-state index >= 15 is 0 Å². The molecule has 34 heavy (non-hydrogen) atoms. The van der Waals surface area contributed by atoms with Crippen LogP contribution < -0.4 is 5.32 Å². The molecule has 0 unspecified atom stereocenters. The molecule has 0 saturated carbocycles. The summed E-state index contributed by atoms with van der Waals surface area (Å²) in [7, 11) is 0. The molecular weight excluding hydrogens is 468 g/mol. The molecule has 2 aromatic carbocycles. The van der Waals surface area contributed by atoms with Crippen LogP contribution >= 0.6 is 24.0 Å². The first kappa shape index (κ1) is 25.4. The Labute approximate surface area is 209 Å². The Balaban J connectivity index is 1.46. The number of hydrogen-bond acceptors (Lipinski definition) is 6. The predicted molar refractivity (Wildman–Crippen MR) is 140 cm³/mol. The molecule has 0 aromatic heterocycles. The number of para-hydroxylation sites is 1. The topological polar surface area (TPSA) is 75.7 Å². The molecule has 8 heteroatoms. The van der Waals surface area contributed by atoms with Gasteiger partial charge in [-0.2, -0.15) is 0 Å². The average Bonchev–Trinajstić information content (AvgIpc) is 3.09. The van der Waals surface area contributed by atoms with Crippen molar-refractivity contribution >= 4 is 57.8 Å². The van der Waals surface area contributed by atoms with Crippen LogP contribution in [0.1, 0.15) is 37.3 Å². The number of carbonyl (C=O) groups is 3. The van der Waals surface area contributed by atoms with E-state index < -0.39 is 18.5 Å². The maximum atomic E-state index is 12.6. The first-order valence-electron chi connectivity index (χ1n) is 10.9. The molecule has 0 atom stereocenters. The number of nitrogens with one attached hydrogen (secondary N) is 1. The van der Waals surface area contributed by atoms with Gasteiger partial charge in [0.25, 0.3) is 11.8 Å². The Bertz CT molecular complexity index is 1130. The van der Waals surface area contributed by atoms with E-state index in [2.05, 4.69) is 5.32 Å². The highest BCUT2D eigenvalue weighted by molar-refractivity contribution is 8.26. The smallest absolute Gasteiger partial charge is 0.308 e. The number of thioether (sulfide) groups is 1. The second-order valence-corrected chi connectivity index (χ2v) is 9.50. The number of ether oxygens (including phenoxy) is 1. The van der Waals surface area contributed by atoms with Crippen molar-refractivity contribution in [2.75, 3.05) is 18.5 Å². The molecule has 1 aliphatic heterocycles. The molecule has 1 fully saturated rings. The predicted octanol–water partition coefficient (Wildman–Crippen LogP) is 5.14. The number of esters is 1. The molecule has 0 aliphatic carbocycles. The molecule has 3 rings (SSSR count). The van der Waals surface area contributed by atoms with E-state index in [1.165, 1.54) is 16.7 Å². The van der Waals surface area contributed by atoms with Crippen LogP contribution in [0.15, 0.2) is 71.7 Å². The van der Waals surface area contributed by atoms with Crippen LogP contribution in [-0.4, -0.2) is 40.2 Å². The fourth-order valence-electron chi connectivity index (χ4n) is 3.24. The van der Waals surface area contributed by atoms with Crippen LogP contribution in [0.25, 0.3) is 6.08 Å². The summed E-state index contributed by atoms with van der Waals surface area (Å²) in [6, 6.07) is 17.2. The molecule has 0 radical (unpaired) electrons. The molecule has 2 aromatic rings. The van der Waals surface area contributed by atoms with Crippen molar-refractivity contribution < 1.29 is 19.1 Å². The van der Waals surface area contributed by atoms with Crippen LogP contribution in [0.5, 0.6) is 0 Å².